The van der Waals surface area contributed by atoms with Crippen LogP contribution < -0.4 is 5.32 Å². The van der Waals surface area contributed by atoms with Crippen molar-refractivity contribution in [3.8, 4) is 0 Å². The molecule has 1 unspecified atom stereocenters. The fourth-order valence-corrected chi connectivity index (χ4v) is 2.12. The van der Waals surface area contributed by atoms with Crippen molar-refractivity contribution in [3.05, 3.63) is 70.8 Å². The predicted octanol–water partition coefficient (Wildman–Crippen LogP) is 4.05. The Kier molecular flexibility index (Phi) is 5.14. The Morgan fingerprint density at radius 3 is 2.57 bits per heavy atom. The van der Waals surface area contributed by atoms with Crippen LogP contribution in [0.4, 0.5) is 5.69 Å². The second-order valence-corrected chi connectivity index (χ2v) is 5.01. The van der Waals surface area contributed by atoms with Gasteiger partial charge >= 0.3 is 0 Å². The van der Waals surface area contributed by atoms with Gasteiger partial charge in [-0.25, -0.2) is 0 Å². The Morgan fingerprint density at radius 2 is 1.86 bits per heavy atom. The van der Waals surface area contributed by atoms with E-state index in [0.29, 0.717) is 16.3 Å². The smallest absolute Gasteiger partial charge is 0.248 e. The van der Waals surface area contributed by atoms with Crippen molar-refractivity contribution < 1.29 is 9.90 Å². The summed E-state index contributed by atoms with van der Waals surface area (Å²) in [4.78, 5) is 11.9. The third kappa shape index (κ3) is 4.18. The highest BCUT2D eigenvalue weighted by atomic mass is 35.5. The van der Waals surface area contributed by atoms with E-state index in [-0.39, 0.29) is 5.91 Å². The van der Waals surface area contributed by atoms with E-state index >= 15 is 0 Å². The molecule has 2 N–H and O–H groups in total. The van der Waals surface area contributed by atoms with Crippen molar-refractivity contribution in [1.29, 1.82) is 0 Å². The third-order valence-corrected chi connectivity index (χ3v) is 3.33. The molecule has 1 atom stereocenters. The molecule has 0 aliphatic carbocycles. The Labute approximate surface area is 128 Å². The third-order valence-electron chi connectivity index (χ3n) is 2.99. The predicted molar refractivity (Wildman–Crippen MR) is 86.2 cm³/mol. The SMILES string of the molecule is CC(O)c1ccccc1NC(=O)C=Cc1ccccc1Cl. The monoisotopic (exact) mass is 301 g/mol. The summed E-state index contributed by atoms with van der Waals surface area (Å²) in [5.41, 5.74) is 2.05. The lowest BCUT2D eigenvalue weighted by Gasteiger charge is -2.11. The summed E-state index contributed by atoms with van der Waals surface area (Å²) in [7, 11) is 0. The molecule has 0 saturated carbocycles. The van der Waals surface area contributed by atoms with Crippen LogP contribution in [0.25, 0.3) is 6.08 Å². The lowest BCUT2D eigenvalue weighted by atomic mass is 10.1. The number of benzene rings is 2. The minimum atomic E-state index is -0.644. The van der Waals surface area contributed by atoms with Gasteiger partial charge in [0.1, 0.15) is 0 Å². The molecule has 0 aliphatic heterocycles. The van der Waals surface area contributed by atoms with E-state index in [0.717, 1.165) is 5.56 Å². The summed E-state index contributed by atoms with van der Waals surface area (Å²) in [6.07, 6.45) is 2.43. The molecule has 2 aromatic carbocycles. The minimum absolute atomic E-state index is 0.275. The number of aliphatic hydroxyl groups is 1. The highest BCUT2D eigenvalue weighted by Gasteiger charge is 2.08. The molecule has 0 heterocycles. The molecule has 0 radical (unpaired) electrons. The lowest BCUT2D eigenvalue weighted by Crippen LogP contribution is -2.10. The Hall–Kier alpha value is -2.10. The van der Waals surface area contributed by atoms with Gasteiger partial charge in [0.15, 0.2) is 0 Å². The summed E-state index contributed by atoms with van der Waals surface area (Å²) < 4.78 is 0. The zero-order chi connectivity index (χ0) is 15.2. The number of amides is 1. The highest BCUT2D eigenvalue weighted by molar-refractivity contribution is 6.32. The molecule has 0 aliphatic rings. The maximum absolute atomic E-state index is 11.9. The quantitative estimate of drug-likeness (QED) is 0.837. The van der Waals surface area contributed by atoms with Gasteiger partial charge in [-0.15, -0.1) is 0 Å². The van der Waals surface area contributed by atoms with Crippen molar-refractivity contribution in [3.63, 3.8) is 0 Å². The highest BCUT2D eigenvalue weighted by Crippen LogP contribution is 2.22. The molecule has 1 amide bonds. The lowest BCUT2D eigenvalue weighted by molar-refractivity contribution is -0.111. The number of nitrogens with one attached hydrogen (secondary N) is 1. The average molecular weight is 302 g/mol. The summed E-state index contributed by atoms with van der Waals surface area (Å²) in [6, 6.07) is 14.4. The first kappa shape index (κ1) is 15.3. The van der Waals surface area contributed by atoms with Crippen molar-refractivity contribution in [2.75, 3.05) is 5.32 Å². The van der Waals surface area contributed by atoms with E-state index in [4.69, 9.17) is 11.6 Å². The van der Waals surface area contributed by atoms with E-state index in [1.54, 1.807) is 37.3 Å². The molecule has 0 saturated heterocycles. The van der Waals surface area contributed by atoms with Gasteiger partial charge in [0.25, 0.3) is 0 Å². The molecule has 0 bridgehead atoms. The van der Waals surface area contributed by atoms with Crippen LogP contribution in [0, 0.1) is 0 Å². The zero-order valence-corrected chi connectivity index (χ0v) is 12.3. The number of rotatable bonds is 4. The van der Waals surface area contributed by atoms with Gasteiger partial charge in [-0.3, -0.25) is 4.79 Å². The molecule has 4 heteroatoms. The van der Waals surface area contributed by atoms with Gasteiger partial charge in [-0.05, 0) is 30.7 Å². The first-order valence-corrected chi connectivity index (χ1v) is 6.96. The zero-order valence-electron chi connectivity index (χ0n) is 11.6. The molecule has 3 nitrogen and oxygen atoms in total. The van der Waals surface area contributed by atoms with Gasteiger partial charge < -0.3 is 10.4 Å². The van der Waals surface area contributed by atoms with Crippen LogP contribution in [0.3, 0.4) is 0 Å². The van der Waals surface area contributed by atoms with E-state index in [9.17, 15) is 9.90 Å². The molecular weight excluding hydrogens is 286 g/mol. The topological polar surface area (TPSA) is 49.3 Å². The summed E-state index contributed by atoms with van der Waals surface area (Å²) in [5, 5.41) is 13.0. The molecule has 21 heavy (non-hydrogen) atoms. The van der Waals surface area contributed by atoms with Gasteiger partial charge in [-0.1, -0.05) is 48.0 Å². The molecular formula is C17H16ClNO2. The maximum atomic E-state index is 11.9. The number of para-hydroxylation sites is 1. The Balaban J connectivity index is 2.11. The molecule has 0 fully saturated rings. The number of anilines is 1. The fourth-order valence-electron chi connectivity index (χ4n) is 1.93. The Morgan fingerprint density at radius 1 is 1.19 bits per heavy atom. The van der Waals surface area contributed by atoms with E-state index < -0.39 is 6.10 Å². The molecule has 2 aromatic rings. The van der Waals surface area contributed by atoms with Crippen LogP contribution in [0.2, 0.25) is 5.02 Å². The van der Waals surface area contributed by atoms with Gasteiger partial charge in [-0.2, -0.15) is 0 Å². The fraction of sp³-hybridized carbons (Fsp3) is 0.118. The van der Waals surface area contributed by atoms with Crippen LogP contribution in [0.15, 0.2) is 54.6 Å². The number of halogens is 1. The summed E-state index contributed by atoms with van der Waals surface area (Å²) in [5.74, 6) is -0.275. The molecule has 2 rings (SSSR count). The van der Waals surface area contributed by atoms with Crippen LogP contribution >= 0.6 is 11.6 Å². The first-order valence-electron chi connectivity index (χ1n) is 6.58. The van der Waals surface area contributed by atoms with Gasteiger partial charge in [0.05, 0.1) is 6.10 Å². The van der Waals surface area contributed by atoms with E-state index in [1.165, 1.54) is 6.08 Å². The number of aliphatic hydroxyl groups excluding tert-OH is 1. The van der Waals surface area contributed by atoms with Crippen molar-refractivity contribution in [1.82, 2.24) is 0 Å². The maximum Gasteiger partial charge on any atom is 0.248 e. The second kappa shape index (κ2) is 7.07. The molecule has 0 spiro atoms. The summed E-state index contributed by atoms with van der Waals surface area (Å²) in [6.45, 7) is 1.66. The number of carbonyl (C=O) groups excluding carboxylic acids is 1. The van der Waals surface area contributed by atoms with E-state index in [2.05, 4.69) is 5.32 Å². The Bertz CT molecular complexity index is 665. The van der Waals surface area contributed by atoms with Crippen LogP contribution in [-0.2, 0) is 4.79 Å². The first-order chi connectivity index (χ1) is 10.1. The number of carbonyl (C=O) groups is 1. The van der Waals surface area contributed by atoms with Crippen molar-refractivity contribution in [2.24, 2.45) is 0 Å². The summed E-state index contributed by atoms with van der Waals surface area (Å²) >= 11 is 6.02. The normalized spacial score (nSPS) is 12.3. The second-order valence-electron chi connectivity index (χ2n) is 4.61. The minimum Gasteiger partial charge on any atom is -0.389 e. The van der Waals surface area contributed by atoms with Crippen LogP contribution in [0.5, 0.6) is 0 Å². The molecule has 0 aromatic heterocycles. The van der Waals surface area contributed by atoms with Crippen LogP contribution in [0.1, 0.15) is 24.2 Å². The molecule has 108 valence electrons. The standard InChI is InChI=1S/C17H16ClNO2/c1-12(20)14-7-3-5-9-16(14)19-17(21)11-10-13-6-2-4-8-15(13)18/h2-12,20H,1H3,(H,19,21). The number of hydrogen-bond donors (Lipinski definition) is 2. The average Bonchev–Trinajstić information content (AvgIpc) is 2.47. The van der Waals surface area contributed by atoms with Gasteiger partial charge in [0, 0.05) is 22.3 Å². The van der Waals surface area contributed by atoms with Crippen LogP contribution in [-0.4, -0.2) is 11.0 Å². The van der Waals surface area contributed by atoms with Crippen molar-refractivity contribution in [2.45, 2.75) is 13.0 Å². The number of hydrogen-bond acceptors (Lipinski definition) is 2. The largest absolute Gasteiger partial charge is 0.389 e. The van der Waals surface area contributed by atoms with Gasteiger partial charge in [0.2, 0.25) is 5.91 Å². The van der Waals surface area contributed by atoms with Crippen molar-refractivity contribution >= 4 is 29.3 Å². The van der Waals surface area contributed by atoms with E-state index in [1.807, 2.05) is 24.3 Å².